The predicted octanol–water partition coefficient (Wildman–Crippen LogP) is 3.06. The molecule has 3 aromatic rings. The van der Waals surface area contributed by atoms with Crippen molar-refractivity contribution in [1.82, 2.24) is 14.5 Å². The fourth-order valence-corrected chi connectivity index (χ4v) is 4.95. The van der Waals surface area contributed by atoms with Crippen molar-refractivity contribution in [2.24, 2.45) is 0 Å². The van der Waals surface area contributed by atoms with E-state index in [4.69, 9.17) is 0 Å². The number of hydrogen-bond donors (Lipinski definition) is 1. The molecule has 158 valence electrons. The average molecular weight is 455 g/mol. The van der Waals surface area contributed by atoms with Crippen LogP contribution < -0.4 is 15.8 Å². The van der Waals surface area contributed by atoms with Crippen LogP contribution >= 0.6 is 23.1 Å². The van der Waals surface area contributed by atoms with Crippen LogP contribution in [0.2, 0.25) is 0 Å². The van der Waals surface area contributed by atoms with Crippen LogP contribution in [0.5, 0.6) is 0 Å². The number of para-hydroxylation sites is 1. The molecule has 1 aliphatic rings. The lowest BCUT2D eigenvalue weighted by Gasteiger charge is -2.25. The summed E-state index contributed by atoms with van der Waals surface area (Å²) in [4.78, 5) is 35.7. The van der Waals surface area contributed by atoms with Gasteiger partial charge < -0.3 is 10.2 Å². The molecule has 0 spiro atoms. The van der Waals surface area contributed by atoms with Gasteiger partial charge in [0.25, 0.3) is 5.56 Å². The van der Waals surface area contributed by atoms with E-state index in [-0.39, 0.29) is 5.69 Å². The summed E-state index contributed by atoms with van der Waals surface area (Å²) in [5.41, 5.74) is -1.46. The fourth-order valence-electron chi connectivity index (χ4n) is 3.02. The topological polar surface area (TPSA) is 80.1 Å². The molecule has 0 saturated carbocycles. The van der Waals surface area contributed by atoms with Gasteiger partial charge in [0.2, 0.25) is 5.91 Å². The molecule has 7 nitrogen and oxygen atoms in total. The standard InChI is InChI=1S/C18H16F3N5O2S2/c19-18(20,21)11-3-1-2-4-12(11)23-13(27)9-26-10-22-15-14(16(26)28)30-17(24-15)25-5-7-29-8-6-25/h1-4,10H,5-9H2,(H,23,27). The largest absolute Gasteiger partial charge is 0.418 e. The number of alkyl halides is 3. The van der Waals surface area contributed by atoms with Crippen LogP contribution in [-0.4, -0.2) is 45.0 Å². The maximum absolute atomic E-state index is 13.1. The van der Waals surface area contributed by atoms with Gasteiger partial charge in [0.05, 0.1) is 11.3 Å². The molecule has 30 heavy (non-hydrogen) atoms. The molecule has 0 bridgehead atoms. The van der Waals surface area contributed by atoms with Gasteiger partial charge in [-0.15, -0.1) is 0 Å². The molecular weight excluding hydrogens is 439 g/mol. The van der Waals surface area contributed by atoms with Gasteiger partial charge in [-0.3, -0.25) is 14.2 Å². The first-order valence-electron chi connectivity index (χ1n) is 8.97. The zero-order chi connectivity index (χ0) is 21.3. The molecule has 0 atom stereocenters. The number of aromatic nitrogens is 3. The Balaban J connectivity index is 1.55. The molecule has 12 heteroatoms. The Morgan fingerprint density at radius 1 is 1.20 bits per heavy atom. The molecule has 0 aliphatic carbocycles. The van der Waals surface area contributed by atoms with E-state index in [0.29, 0.717) is 15.5 Å². The first kappa shape index (κ1) is 20.7. The van der Waals surface area contributed by atoms with Crippen molar-refractivity contribution in [1.29, 1.82) is 0 Å². The third-order valence-electron chi connectivity index (χ3n) is 4.47. The summed E-state index contributed by atoms with van der Waals surface area (Å²) in [6.45, 7) is 1.21. The van der Waals surface area contributed by atoms with E-state index >= 15 is 0 Å². The third kappa shape index (κ3) is 4.29. The van der Waals surface area contributed by atoms with Gasteiger partial charge in [0, 0.05) is 24.6 Å². The molecule has 0 unspecified atom stereocenters. The van der Waals surface area contributed by atoms with E-state index in [1.54, 1.807) is 0 Å². The number of carbonyl (C=O) groups is 1. The number of benzene rings is 1. The normalized spacial score (nSPS) is 14.8. The zero-order valence-corrected chi connectivity index (χ0v) is 17.1. The van der Waals surface area contributed by atoms with Crippen molar-refractivity contribution in [2.45, 2.75) is 12.7 Å². The fraction of sp³-hybridized carbons (Fsp3) is 0.333. The van der Waals surface area contributed by atoms with Crippen LogP contribution in [0.4, 0.5) is 24.0 Å². The SMILES string of the molecule is O=C(Cn1cnc2nc(N3CCSCC3)sc2c1=O)Nc1ccccc1C(F)(F)F. The van der Waals surface area contributed by atoms with Crippen LogP contribution in [0, 0.1) is 0 Å². The lowest BCUT2D eigenvalue weighted by Crippen LogP contribution is -2.32. The molecule has 3 heterocycles. The van der Waals surface area contributed by atoms with Gasteiger partial charge in [-0.05, 0) is 12.1 Å². The van der Waals surface area contributed by atoms with Crippen molar-refractivity contribution in [2.75, 3.05) is 34.8 Å². The Labute approximate surface area is 176 Å². The van der Waals surface area contributed by atoms with Gasteiger partial charge in [-0.1, -0.05) is 23.5 Å². The number of halogens is 3. The number of amides is 1. The van der Waals surface area contributed by atoms with Crippen LogP contribution in [0.25, 0.3) is 10.3 Å². The quantitative estimate of drug-likeness (QED) is 0.652. The highest BCUT2D eigenvalue weighted by atomic mass is 32.2. The first-order valence-corrected chi connectivity index (χ1v) is 10.9. The molecule has 2 aromatic heterocycles. The minimum atomic E-state index is -4.60. The minimum absolute atomic E-state index is 0.303. The molecule has 1 N–H and O–H groups in total. The van der Waals surface area contributed by atoms with Crippen molar-refractivity contribution >= 4 is 50.2 Å². The van der Waals surface area contributed by atoms with Crippen LogP contribution in [0.15, 0.2) is 35.4 Å². The van der Waals surface area contributed by atoms with Gasteiger partial charge in [-0.25, -0.2) is 4.98 Å². The number of hydrogen-bond acceptors (Lipinski definition) is 7. The highest BCUT2D eigenvalue weighted by Crippen LogP contribution is 2.34. The monoisotopic (exact) mass is 455 g/mol. The minimum Gasteiger partial charge on any atom is -0.346 e. The summed E-state index contributed by atoms with van der Waals surface area (Å²) in [6, 6.07) is 4.68. The second-order valence-corrected chi connectivity index (χ2v) is 8.72. The predicted molar refractivity (Wildman–Crippen MR) is 111 cm³/mol. The lowest BCUT2D eigenvalue weighted by atomic mass is 10.1. The molecule has 0 radical (unpaired) electrons. The second-order valence-electron chi connectivity index (χ2n) is 6.52. The molecule has 1 aromatic carbocycles. The van der Waals surface area contributed by atoms with Gasteiger partial charge in [0.15, 0.2) is 10.8 Å². The molecule has 1 fully saturated rings. The van der Waals surface area contributed by atoms with Crippen molar-refractivity contribution < 1.29 is 18.0 Å². The number of nitrogens with zero attached hydrogens (tertiary/aromatic N) is 4. The summed E-state index contributed by atoms with van der Waals surface area (Å²) in [7, 11) is 0. The van der Waals surface area contributed by atoms with Gasteiger partial charge >= 0.3 is 6.18 Å². The van der Waals surface area contributed by atoms with E-state index in [2.05, 4.69) is 20.2 Å². The van der Waals surface area contributed by atoms with Gasteiger partial charge in [-0.2, -0.15) is 29.9 Å². The van der Waals surface area contributed by atoms with E-state index in [9.17, 15) is 22.8 Å². The van der Waals surface area contributed by atoms with Crippen LogP contribution in [0.1, 0.15) is 5.56 Å². The number of fused-ring (bicyclic) bond motifs is 1. The highest BCUT2D eigenvalue weighted by Gasteiger charge is 2.33. The van der Waals surface area contributed by atoms with Crippen molar-refractivity contribution in [3.05, 3.63) is 46.5 Å². The number of anilines is 2. The van der Waals surface area contributed by atoms with Crippen molar-refractivity contribution in [3.8, 4) is 0 Å². The summed E-state index contributed by atoms with van der Waals surface area (Å²) in [6.07, 6.45) is -3.41. The first-order chi connectivity index (χ1) is 14.3. The van der Waals surface area contributed by atoms with E-state index in [1.807, 2.05) is 11.8 Å². The molecule has 1 saturated heterocycles. The van der Waals surface area contributed by atoms with Crippen molar-refractivity contribution in [3.63, 3.8) is 0 Å². The molecule has 1 aliphatic heterocycles. The number of thioether (sulfide) groups is 1. The van der Waals surface area contributed by atoms with Crippen LogP contribution in [-0.2, 0) is 17.5 Å². The second kappa shape index (κ2) is 8.26. The summed E-state index contributed by atoms with van der Waals surface area (Å²) < 4.78 is 40.7. The Morgan fingerprint density at radius 2 is 1.93 bits per heavy atom. The van der Waals surface area contributed by atoms with E-state index in [1.165, 1.54) is 29.8 Å². The zero-order valence-electron chi connectivity index (χ0n) is 15.5. The number of carbonyl (C=O) groups excluding carboxylic acids is 1. The maximum atomic E-state index is 13.1. The number of thiazole rings is 1. The summed E-state index contributed by atoms with van der Waals surface area (Å²) in [5, 5.41) is 2.93. The maximum Gasteiger partial charge on any atom is 0.418 e. The average Bonchev–Trinajstić information content (AvgIpc) is 3.16. The summed E-state index contributed by atoms with van der Waals surface area (Å²) in [5.74, 6) is 1.20. The van der Waals surface area contributed by atoms with E-state index in [0.717, 1.165) is 41.3 Å². The highest BCUT2D eigenvalue weighted by molar-refractivity contribution is 7.99. The van der Waals surface area contributed by atoms with Gasteiger partial charge in [0.1, 0.15) is 17.6 Å². The number of nitrogens with one attached hydrogen (secondary N) is 1. The molecular formula is C18H16F3N5O2S2. The van der Waals surface area contributed by atoms with E-state index < -0.39 is 29.8 Å². The Bertz CT molecular complexity index is 1140. The third-order valence-corrected chi connectivity index (χ3v) is 6.51. The Kier molecular flexibility index (Phi) is 5.69. The number of rotatable bonds is 4. The molecule has 4 rings (SSSR count). The Hall–Kier alpha value is -2.60. The van der Waals surface area contributed by atoms with Crippen LogP contribution in [0.3, 0.4) is 0 Å². The lowest BCUT2D eigenvalue weighted by molar-refractivity contribution is -0.137. The molecule has 1 amide bonds. The Morgan fingerprint density at radius 3 is 2.67 bits per heavy atom. The summed E-state index contributed by atoms with van der Waals surface area (Å²) >= 11 is 3.07. The smallest absolute Gasteiger partial charge is 0.346 e.